The molecule has 1 rings (SSSR count). The number of nitrogens with one attached hydrogen (secondary N) is 1. The van der Waals surface area contributed by atoms with Gasteiger partial charge >= 0.3 is 0 Å². The third-order valence-corrected chi connectivity index (χ3v) is 2.03. The van der Waals surface area contributed by atoms with Crippen molar-refractivity contribution in [2.45, 2.75) is 38.2 Å². The van der Waals surface area contributed by atoms with E-state index in [0.717, 1.165) is 32.4 Å². The molecule has 0 aromatic heterocycles. The molecule has 0 aromatic rings. The van der Waals surface area contributed by atoms with E-state index >= 15 is 0 Å². The van der Waals surface area contributed by atoms with Gasteiger partial charge in [-0.25, -0.2) is 0 Å². The number of hydrogen-bond acceptors (Lipinski definition) is 2. The maximum absolute atomic E-state index is 9.31. The Morgan fingerprint density at radius 1 is 1.00 bits per heavy atom. The first kappa shape index (κ1) is 8.02. The highest BCUT2D eigenvalue weighted by atomic mass is 16.3. The molecule has 0 spiro atoms. The fraction of sp³-hybridized carbons (Fsp3) is 1.00. The zero-order chi connectivity index (χ0) is 7.23. The molecule has 1 unspecified atom stereocenters. The normalized spacial score (nSPS) is 30.3. The number of rotatable bonds is 0. The van der Waals surface area contributed by atoms with Crippen LogP contribution in [-0.4, -0.2) is 24.3 Å². The summed E-state index contributed by atoms with van der Waals surface area (Å²) in [7, 11) is 0. The van der Waals surface area contributed by atoms with Crippen molar-refractivity contribution >= 4 is 0 Å². The topological polar surface area (TPSA) is 32.3 Å². The Kier molecular flexibility index (Phi) is 3.76. The second kappa shape index (κ2) is 4.69. The van der Waals surface area contributed by atoms with Gasteiger partial charge in [0.25, 0.3) is 0 Å². The smallest absolute Gasteiger partial charge is 0.0540 e. The fourth-order valence-electron chi connectivity index (χ4n) is 1.36. The monoisotopic (exact) mass is 143 g/mol. The lowest BCUT2D eigenvalue weighted by Gasteiger charge is -2.06. The fourth-order valence-corrected chi connectivity index (χ4v) is 1.36. The summed E-state index contributed by atoms with van der Waals surface area (Å²) in [5.41, 5.74) is 0. The molecule has 1 heterocycles. The maximum atomic E-state index is 9.31. The molecule has 1 atom stereocenters. The molecular formula is C8H17NO. The minimum Gasteiger partial charge on any atom is -0.393 e. The van der Waals surface area contributed by atoms with E-state index in [9.17, 15) is 5.11 Å². The second-order valence-corrected chi connectivity index (χ2v) is 3.04. The van der Waals surface area contributed by atoms with Crippen molar-refractivity contribution in [2.75, 3.05) is 13.1 Å². The molecule has 0 radical (unpaired) electrons. The summed E-state index contributed by atoms with van der Waals surface area (Å²) < 4.78 is 0. The summed E-state index contributed by atoms with van der Waals surface area (Å²) in [5.74, 6) is 0. The Labute approximate surface area is 62.6 Å². The highest BCUT2D eigenvalue weighted by Gasteiger charge is 2.04. The lowest BCUT2D eigenvalue weighted by atomic mass is 10.1. The summed E-state index contributed by atoms with van der Waals surface area (Å²) >= 11 is 0. The van der Waals surface area contributed by atoms with Gasteiger partial charge in [0.05, 0.1) is 6.10 Å². The van der Waals surface area contributed by atoms with Gasteiger partial charge in [-0.2, -0.15) is 0 Å². The quantitative estimate of drug-likeness (QED) is 0.528. The van der Waals surface area contributed by atoms with Crippen LogP contribution in [0.5, 0.6) is 0 Å². The van der Waals surface area contributed by atoms with E-state index < -0.39 is 0 Å². The average molecular weight is 143 g/mol. The zero-order valence-electron chi connectivity index (χ0n) is 6.47. The van der Waals surface area contributed by atoms with Gasteiger partial charge in [0.15, 0.2) is 0 Å². The lowest BCUT2D eigenvalue weighted by Crippen LogP contribution is -2.16. The third-order valence-electron chi connectivity index (χ3n) is 2.03. The van der Waals surface area contributed by atoms with Crippen molar-refractivity contribution in [1.29, 1.82) is 0 Å². The van der Waals surface area contributed by atoms with Crippen LogP contribution < -0.4 is 5.32 Å². The SMILES string of the molecule is OC1CCCCNCCC1. The third kappa shape index (κ3) is 3.18. The van der Waals surface area contributed by atoms with Crippen LogP contribution in [0.3, 0.4) is 0 Å². The van der Waals surface area contributed by atoms with Gasteiger partial charge in [-0.1, -0.05) is 0 Å². The Morgan fingerprint density at radius 2 is 1.70 bits per heavy atom. The van der Waals surface area contributed by atoms with Crippen molar-refractivity contribution in [3.8, 4) is 0 Å². The van der Waals surface area contributed by atoms with Crippen molar-refractivity contribution < 1.29 is 5.11 Å². The molecule has 1 aliphatic rings. The van der Waals surface area contributed by atoms with E-state index in [0.29, 0.717) is 0 Å². The summed E-state index contributed by atoms with van der Waals surface area (Å²) in [4.78, 5) is 0. The largest absolute Gasteiger partial charge is 0.393 e. The van der Waals surface area contributed by atoms with Gasteiger partial charge in [0, 0.05) is 0 Å². The molecular weight excluding hydrogens is 126 g/mol. The molecule has 0 aromatic carbocycles. The number of aliphatic hydroxyl groups is 1. The van der Waals surface area contributed by atoms with E-state index in [4.69, 9.17) is 0 Å². The van der Waals surface area contributed by atoms with Crippen molar-refractivity contribution in [1.82, 2.24) is 5.32 Å². The second-order valence-electron chi connectivity index (χ2n) is 3.04. The van der Waals surface area contributed by atoms with Gasteiger partial charge < -0.3 is 10.4 Å². The van der Waals surface area contributed by atoms with Crippen LogP contribution in [0, 0.1) is 0 Å². The summed E-state index contributed by atoms with van der Waals surface area (Å²) in [6, 6.07) is 0. The molecule has 0 bridgehead atoms. The van der Waals surface area contributed by atoms with E-state index in [1.54, 1.807) is 0 Å². The highest BCUT2D eigenvalue weighted by molar-refractivity contribution is 4.61. The Hall–Kier alpha value is -0.0800. The summed E-state index contributed by atoms with van der Waals surface area (Å²) in [5, 5.41) is 12.6. The zero-order valence-corrected chi connectivity index (χ0v) is 6.47. The predicted molar refractivity (Wildman–Crippen MR) is 42.0 cm³/mol. The molecule has 0 saturated carbocycles. The van der Waals surface area contributed by atoms with Crippen LogP contribution in [0.15, 0.2) is 0 Å². The molecule has 1 fully saturated rings. The molecule has 10 heavy (non-hydrogen) atoms. The predicted octanol–water partition coefficient (Wildman–Crippen LogP) is 0.901. The van der Waals surface area contributed by atoms with Crippen LogP contribution in [0.25, 0.3) is 0 Å². The number of aliphatic hydroxyl groups excluding tert-OH is 1. The minimum absolute atomic E-state index is 0.0279. The Balaban J connectivity index is 2.15. The highest BCUT2D eigenvalue weighted by Crippen LogP contribution is 2.07. The standard InChI is InChI=1S/C8H17NO/c10-8-4-1-2-6-9-7-3-5-8/h8-10H,1-7H2. The van der Waals surface area contributed by atoms with Crippen molar-refractivity contribution in [2.24, 2.45) is 0 Å². The number of hydrogen-bond donors (Lipinski definition) is 2. The first-order valence-electron chi connectivity index (χ1n) is 4.28. The van der Waals surface area contributed by atoms with Crippen molar-refractivity contribution in [3.05, 3.63) is 0 Å². The minimum atomic E-state index is -0.0279. The van der Waals surface area contributed by atoms with Crippen LogP contribution >= 0.6 is 0 Å². The molecule has 2 N–H and O–H groups in total. The van der Waals surface area contributed by atoms with E-state index in [-0.39, 0.29) is 6.10 Å². The van der Waals surface area contributed by atoms with Gasteiger partial charge in [-0.3, -0.25) is 0 Å². The summed E-state index contributed by atoms with van der Waals surface area (Å²) in [6.07, 6.45) is 5.47. The molecule has 0 amide bonds. The molecule has 1 aliphatic heterocycles. The molecule has 2 nitrogen and oxygen atoms in total. The maximum Gasteiger partial charge on any atom is 0.0540 e. The van der Waals surface area contributed by atoms with Crippen LogP contribution in [0.1, 0.15) is 32.1 Å². The van der Waals surface area contributed by atoms with Crippen LogP contribution in [0.2, 0.25) is 0 Å². The molecule has 2 heteroatoms. The van der Waals surface area contributed by atoms with E-state index in [1.165, 1.54) is 12.8 Å². The molecule has 0 aliphatic carbocycles. The van der Waals surface area contributed by atoms with Crippen LogP contribution in [0.4, 0.5) is 0 Å². The van der Waals surface area contributed by atoms with Gasteiger partial charge in [-0.15, -0.1) is 0 Å². The van der Waals surface area contributed by atoms with E-state index in [1.807, 2.05) is 0 Å². The van der Waals surface area contributed by atoms with Gasteiger partial charge in [0.2, 0.25) is 0 Å². The van der Waals surface area contributed by atoms with Gasteiger partial charge in [0.1, 0.15) is 0 Å². The van der Waals surface area contributed by atoms with Crippen molar-refractivity contribution in [3.63, 3.8) is 0 Å². The first-order valence-corrected chi connectivity index (χ1v) is 4.28. The summed E-state index contributed by atoms with van der Waals surface area (Å²) in [6.45, 7) is 2.21. The van der Waals surface area contributed by atoms with Gasteiger partial charge in [-0.05, 0) is 45.2 Å². The Morgan fingerprint density at radius 3 is 2.60 bits per heavy atom. The van der Waals surface area contributed by atoms with E-state index in [2.05, 4.69) is 5.32 Å². The first-order chi connectivity index (χ1) is 4.89. The van der Waals surface area contributed by atoms with Crippen LogP contribution in [-0.2, 0) is 0 Å². The average Bonchev–Trinajstić information content (AvgIpc) is 2.02. The molecule has 1 saturated heterocycles. The lowest BCUT2D eigenvalue weighted by molar-refractivity contribution is 0.151. The Bertz CT molecular complexity index is 75.3. The molecule has 60 valence electrons.